The molecule has 19 heavy (non-hydrogen) atoms. The van der Waals surface area contributed by atoms with Crippen LogP contribution in [0.3, 0.4) is 0 Å². The van der Waals surface area contributed by atoms with Crippen molar-refractivity contribution >= 4 is 0 Å². The van der Waals surface area contributed by atoms with Crippen LogP contribution in [0.2, 0.25) is 0 Å². The molecule has 2 nitrogen and oxygen atoms in total. The molecule has 2 aromatic rings. The second-order valence-electron chi connectivity index (χ2n) is 5.12. The third kappa shape index (κ3) is 3.36. The Morgan fingerprint density at radius 1 is 0.947 bits per heavy atom. The average molecular weight is 253 g/mol. The highest BCUT2D eigenvalue weighted by molar-refractivity contribution is 5.33. The summed E-state index contributed by atoms with van der Waals surface area (Å²) in [5.74, 6) is 2.58. The van der Waals surface area contributed by atoms with E-state index in [4.69, 9.17) is 4.74 Å². The van der Waals surface area contributed by atoms with E-state index in [1.165, 1.54) is 24.9 Å². The van der Waals surface area contributed by atoms with Crippen molar-refractivity contribution in [3.05, 3.63) is 60.2 Å². The van der Waals surface area contributed by atoms with Gasteiger partial charge in [-0.05, 0) is 61.7 Å². The van der Waals surface area contributed by atoms with Gasteiger partial charge in [-0.15, -0.1) is 0 Å². The summed E-state index contributed by atoms with van der Waals surface area (Å²) in [6, 6.07) is 18.4. The first-order chi connectivity index (χ1) is 9.40. The number of nitrogens with one attached hydrogen (secondary N) is 1. The fourth-order valence-electron chi connectivity index (χ4n) is 2.54. The summed E-state index contributed by atoms with van der Waals surface area (Å²) in [6.45, 7) is 2.32. The first-order valence-electron chi connectivity index (χ1n) is 6.93. The Labute approximate surface area is 114 Å². The van der Waals surface area contributed by atoms with Crippen LogP contribution in [-0.4, -0.2) is 13.1 Å². The third-order valence-corrected chi connectivity index (χ3v) is 3.59. The van der Waals surface area contributed by atoms with Crippen molar-refractivity contribution in [1.82, 2.24) is 5.32 Å². The lowest BCUT2D eigenvalue weighted by molar-refractivity contribution is 0.482. The van der Waals surface area contributed by atoms with Crippen molar-refractivity contribution in [1.29, 1.82) is 0 Å². The molecule has 0 saturated carbocycles. The van der Waals surface area contributed by atoms with Gasteiger partial charge in [0.25, 0.3) is 0 Å². The van der Waals surface area contributed by atoms with Gasteiger partial charge < -0.3 is 10.1 Å². The van der Waals surface area contributed by atoms with Crippen LogP contribution in [0.5, 0.6) is 11.5 Å². The second kappa shape index (κ2) is 5.89. The molecule has 1 N–H and O–H groups in total. The largest absolute Gasteiger partial charge is 0.457 e. The van der Waals surface area contributed by atoms with E-state index in [0.29, 0.717) is 0 Å². The van der Waals surface area contributed by atoms with Gasteiger partial charge in [0.1, 0.15) is 11.5 Å². The summed E-state index contributed by atoms with van der Waals surface area (Å²) in [7, 11) is 0. The predicted molar refractivity (Wildman–Crippen MR) is 77.6 cm³/mol. The summed E-state index contributed by atoms with van der Waals surface area (Å²) < 4.78 is 5.79. The molecule has 2 aromatic carbocycles. The van der Waals surface area contributed by atoms with Crippen LogP contribution in [-0.2, 0) is 6.42 Å². The number of para-hydroxylation sites is 1. The average Bonchev–Trinajstić information content (AvgIpc) is 2.95. The second-order valence-corrected chi connectivity index (χ2v) is 5.12. The van der Waals surface area contributed by atoms with Gasteiger partial charge in [0.2, 0.25) is 0 Å². The maximum absolute atomic E-state index is 5.79. The number of ether oxygens (including phenoxy) is 1. The van der Waals surface area contributed by atoms with E-state index in [1.54, 1.807) is 0 Å². The summed E-state index contributed by atoms with van der Waals surface area (Å²) in [5.41, 5.74) is 1.40. The van der Waals surface area contributed by atoms with Crippen LogP contribution >= 0.6 is 0 Å². The molecular weight excluding hydrogens is 234 g/mol. The molecule has 1 aliphatic rings. The van der Waals surface area contributed by atoms with Crippen LogP contribution in [0.1, 0.15) is 12.0 Å². The minimum absolute atomic E-state index is 0.792. The molecule has 0 spiro atoms. The molecule has 1 aliphatic heterocycles. The molecule has 1 unspecified atom stereocenters. The summed E-state index contributed by atoms with van der Waals surface area (Å²) in [5, 5.41) is 3.41. The highest BCUT2D eigenvalue weighted by Crippen LogP contribution is 2.22. The standard InChI is InChI=1S/C17H19NO/c1-2-4-16(5-3-1)19-17-8-6-14(7-9-17)12-15-10-11-18-13-15/h1-9,15,18H,10-13H2. The Morgan fingerprint density at radius 3 is 2.37 bits per heavy atom. The van der Waals surface area contributed by atoms with Crippen LogP contribution in [0.4, 0.5) is 0 Å². The molecule has 1 saturated heterocycles. The SMILES string of the molecule is c1ccc(Oc2ccc(CC3CCNC3)cc2)cc1. The van der Waals surface area contributed by atoms with Crippen molar-refractivity contribution < 1.29 is 4.74 Å². The van der Waals surface area contributed by atoms with E-state index in [9.17, 15) is 0 Å². The Balaban J connectivity index is 1.62. The highest BCUT2D eigenvalue weighted by atomic mass is 16.5. The number of hydrogen-bond acceptors (Lipinski definition) is 2. The van der Waals surface area contributed by atoms with E-state index in [0.717, 1.165) is 24.0 Å². The molecule has 0 aromatic heterocycles. The Hall–Kier alpha value is -1.80. The molecule has 0 bridgehead atoms. The van der Waals surface area contributed by atoms with Crippen LogP contribution in [0.15, 0.2) is 54.6 Å². The van der Waals surface area contributed by atoms with Crippen molar-refractivity contribution in [3.8, 4) is 11.5 Å². The molecule has 0 aliphatic carbocycles. The van der Waals surface area contributed by atoms with Gasteiger partial charge in [0, 0.05) is 0 Å². The molecule has 1 heterocycles. The quantitative estimate of drug-likeness (QED) is 0.898. The smallest absolute Gasteiger partial charge is 0.127 e. The highest BCUT2D eigenvalue weighted by Gasteiger charge is 2.14. The van der Waals surface area contributed by atoms with Crippen LogP contribution in [0, 0.1) is 5.92 Å². The fourth-order valence-corrected chi connectivity index (χ4v) is 2.54. The number of hydrogen-bond donors (Lipinski definition) is 1. The Bertz CT molecular complexity index is 501. The van der Waals surface area contributed by atoms with Crippen molar-refractivity contribution in [2.75, 3.05) is 13.1 Å². The van der Waals surface area contributed by atoms with Crippen LogP contribution in [0.25, 0.3) is 0 Å². The molecule has 3 rings (SSSR count). The summed E-state index contributed by atoms with van der Waals surface area (Å²) in [4.78, 5) is 0. The van der Waals surface area contributed by atoms with Gasteiger partial charge in [-0.1, -0.05) is 30.3 Å². The minimum Gasteiger partial charge on any atom is -0.457 e. The maximum Gasteiger partial charge on any atom is 0.127 e. The molecule has 1 fully saturated rings. The summed E-state index contributed by atoms with van der Waals surface area (Å²) >= 11 is 0. The third-order valence-electron chi connectivity index (χ3n) is 3.59. The molecule has 1 atom stereocenters. The minimum atomic E-state index is 0.792. The topological polar surface area (TPSA) is 21.3 Å². The molecule has 0 radical (unpaired) electrons. The van der Waals surface area contributed by atoms with Gasteiger partial charge in [-0.25, -0.2) is 0 Å². The van der Waals surface area contributed by atoms with Crippen molar-refractivity contribution in [2.45, 2.75) is 12.8 Å². The molecule has 2 heteroatoms. The monoisotopic (exact) mass is 253 g/mol. The Morgan fingerprint density at radius 2 is 1.68 bits per heavy atom. The van der Waals surface area contributed by atoms with Gasteiger partial charge >= 0.3 is 0 Å². The van der Waals surface area contributed by atoms with Gasteiger partial charge in [-0.2, -0.15) is 0 Å². The molecule has 98 valence electrons. The van der Waals surface area contributed by atoms with E-state index in [-0.39, 0.29) is 0 Å². The van der Waals surface area contributed by atoms with Gasteiger partial charge in [0.05, 0.1) is 0 Å². The van der Waals surface area contributed by atoms with E-state index in [1.807, 2.05) is 30.3 Å². The number of rotatable bonds is 4. The Kier molecular flexibility index (Phi) is 3.80. The van der Waals surface area contributed by atoms with E-state index >= 15 is 0 Å². The summed E-state index contributed by atoms with van der Waals surface area (Å²) in [6.07, 6.45) is 2.46. The van der Waals surface area contributed by atoms with Gasteiger partial charge in [0.15, 0.2) is 0 Å². The lowest BCUT2D eigenvalue weighted by Crippen LogP contribution is -2.10. The zero-order valence-electron chi connectivity index (χ0n) is 11.0. The lowest BCUT2D eigenvalue weighted by Gasteiger charge is -2.09. The lowest BCUT2D eigenvalue weighted by atomic mass is 9.99. The van der Waals surface area contributed by atoms with Gasteiger partial charge in [-0.3, -0.25) is 0 Å². The normalized spacial score (nSPS) is 18.4. The zero-order chi connectivity index (χ0) is 12.9. The maximum atomic E-state index is 5.79. The molecule has 0 amide bonds. The van der Waals surface area contributed by atoms with Crippen molar-refractivity contribution in [2.24, 2.45) is 5.92 Å². The fraction of sp³-hybridized carbons (Fsp3) is 0.294. The zero-order valence-corrected chi connectivity index (χ0v) is 11.0. The first kappa shape index (κ1) is 12.2. The van der Waals surface area contributed by atoms with Crippen LogP contribution < -0.4 is 10.1 Å². The van der Waals surface area contributed by atoms with E-state index < -0.39 is 0 Å². The van der Waals surface area contributed by atoms with E-state index in [2.05, 4.69) is 29.6 Å². The molecular formula is C17H19NO. The van der Waals surface area contributed by atoms with Crippen molar-refractivity contribution in [3.63, 3.8) is 0 Å². The predicted octanol–water partition coefficient (Wildman–Crippen LogP) is 3.63. The number of benzene rings is 2. The first-order valence-corrected chi connectivity index (χ1v) is 6.93.